The summed E-state index contributed by atoms with van der Waals surface area (Å²) >= 11 is 1.65. The molecule has 14 heavy (non-hydrogen) atoms. The monoisotopic (exact) mass is 213 g/mol. The minimum atomic E-state index is -0.696. The summed E-state index contributed by atoms with van der Waals surface area (Å²) < 4.78 is 0. The van der Waals surface area contributed by atoms with Crippen molar-refractivity contribution in [2.24, 2.45) is 16.9 Å². The molecule has 1 aromatic heterocycles. The molecule has 0 saturated heterocycles. The zero-order valence-corrected chi connectivity index (χ0v) is 10.1. The van der Waals surface area contributed by atoms with E-state index < -0.39 is 5.66 Å². The Bertz CT molecular complexity index is 285. The third-order valence-corrected chi connectivity index (χ3v) is 4.25. The van der Waals surface area contributed by atoms with Crippen molar-refractivity contribution in [2.45, 2.75) is 39.3 Å². The zero-order chi connectivity index (χ0) is 11.0. The molecule has 0 amide bonds. The van der Waals surface area contributed by atoms with Crippen molar-refractivity contribution in [1.29, 1.82) is 0 Å². The summed E-state index contributed by atoms with van der Waals surface area (Å²) in [6.45, 7) is 8.14. The lowest BCUT2D eigenvalue weighted by Gasteiger charge is -2.42. The SMILES string of the molecule is CC(c1nccs1)C(C)(C)C(C)(N)N. The molecule has 4 heteroatoms. The van der Waals surface area contributed by atoms with Crippen LogP contribution in [0, 0.1) is 5.41 Å². The first-order chi connectivity index (χ1) is 6.27. The second-order valence-electron chi connectivity index (χ2n) is 4.60. The van der Waals surface area contributed by atoms with Gasteiger partial charge in [0, 0.05) is 22.9 Å². The molecule has 0 radical (unpaired) electrons. The van der Waals surface area contributed by atoms with Crippen LogP contribution >= 0.6 is 11.3 Å². The standard InChI is InChI=1S/C10H19N3S/c1-7(8-13-5-6-14-8)9(2,3)10(4,11)12/h5-7H,11-12H2,1-4H3. The van der Waals surface area contributed by atoms with Crippen molar-refractivity contribution < 1.29 is 0 Å². The van der Waals surface area contributed by atoms with Crippen molar-refractivity contribution in [3.63, 3.8) is 0 Å². The number of nitrogens with zero attached hydrogens (tertiary/aromatic N) is 1. The van der Waals surface area contributed by atoms with Crippen molar-refractivity contribution in [3.05, 3.63) is 16.6 Å². The molecule has 0 saturated carbocycles. The Morgan fingerprint density at radius 2 is 1.93 bits per heavy atom. The van der Waals surface area contributed by atoms with Gasteiger partial charge in [-0.3, -0.25) is 0 Å². The predicted octanol–water partition coefficient (Wildman–Crippen LogP) is 1.91. The van der Waals surface area contributed by atoms with Crippen molar-refractivity contribution in [2.75, 3.05) is 0 Å². The van der Waals surface area contributed by atoms with E-state index in [0.29, 0.717) is 0 Å². The number of rotatable bonds is 3. The van der Waals surface area contributed by atoms with E-state index >= 15 is 0 Å². The van der Waals surface area contributed by atoms with Gasteiger partial charge in [0.25, 0.3) is 0 Å². The maximum atomic E-state index is 5.97. The third kappa shape index (κ3) is 1.97. The Morgan fingerprint density at radius 1 is 1.36 bits per heavy atom. The van der Waals surface area contributed by atoms with E-state index in [9.17, 15) is 0 Å². The average Bonchev–Trinajstić information content (AvgIpc) is 2.52. The summed E-state index contributed by atoms with van der Waals surface area (Å²) in [5.41, 5.74) is 11.1. The third-order valence-electron chi connectivity index (χ3n) is 3.29. The normalized spacial score (nSPS) is 15.6. The lowest BCUT2D eigenvalue weighted by atomic mass is 9.71. The number of hydrogen-bond donors (Lipinski definition) is 2. The summed E-state index contributed by atoms with van der Waals surface area (Å²) in [6.07, 6.45) is 1.82. The fourth-order valence-corrected chi connectivity index (χ4v) is 2.11. The van der Waals surface area contributed by atoms with E-state index in [2.05, 4.69) is 25.8 Å². The highest BCUT2D eigenvalue weighted by Crippen LogP contribution is 2.40. The maximum absolute atomic E-state index is 5.97. The van der Waals surface area contributed by atoms with E-state index in [0.717, 1.165) is 5.01 Å². The number of thiazole rings is 1. The van der Waals surface area contributed by atoms with Gasteiger partial charge in [-0.2, -0.15) is 0 Å². The molecule has 0 fully saturated rings. The first kappa shape index (κ1) is 11.6. The summed E-state index contributed by atoms with van der Waals surface area (Å²) in [4.78, 5) is 4.30. The minimum Gasteiger partial charge on any atom is -0.313 e. The molecule has 1 atom stereocenters. The highest BCUT2D eigenvalue weighted by Gasteiger charge is 2.40. The van der Waals surface area contributed by atoms with Gasteiger partial charge in [0.05, 0.1) is 10.7 Å². The van der Waals surface area contributed by atoms with Gasteiger partial charge in [0.1, 0.15) is 0 Å². The fraction of sp³-hybridized carbons (Fsp3) is 0.700. The van der Waals surface area contributed by atoms with E-state index in [4.69, 9.17) is 11.5 Å². The Balaban J connectivity index is 2.94. The Morgan fingerprint density at radius 3 is 2.29 bits per heavy atom. The topological polar surface area (TPSA) is 64.9 Å². The lowest BCUT2D eigenvalue weighted by molar-refractivity contribution is 0.153. The van der Waals surface area contributed by atoms with E-state index in [1.807, 2.05) is 18.5 Å². The van der Waals surface area contributed by atoms with Crippen LogP contribution in [0.3, 0.4) is 0 Å². The van der Waals surface area contributed by atoms with Gasteiger partial charge < -0.3 is 11.5 Å². The van der Waals surface area contributed by atoms with Crippen LogP contribution in [-0.2, 0) is 0 Å². The summed E-state index contributed by atoms with van der Waals surface area (Å²) in [5, 5.41) is 3.07. The van der Waals surface area contributed by atoms with Gasteiger partial charge in [-0.25, -0.2) is 4.98 Å². The predicted molar refractivity (Wildman–Crippen MR) is 61.1 cm³/mol. The summed E-state index contributed by atoms with van der Waals surface area (Å²) in [7, 11) is 0. The van der Waals surface area contributed by atoms with Crippen LogP contribution in [0.5, 0.6) is 0 Å². The van der Waals surface area contributed by atoms with E-state index in [1.54, 1.807) is 11.3 Å². The average molecular weight is 213 g/mol. The summed E-state index contributed by atoms with van der Waals surface area (Å²) in [5.74, 6) is 0.266. The Hall–Kier alpha value is -0.450. The molecule has 80 valence electrons. The van der Waals surface area contributed by atoms with Crippen LogP contribution in [0.4, 0.5) is 0 Å². The van der Waals surface area contributed by atoms with Gasteiger partial charge in [0.15, 0.2) is 0 Å². The maximum Gasteiger partial charge on any atom is 0.0959 e. The number of hydrogen-bond acceptors (Lipinski definition) is 4. The molecule has 1 heterocycles. The van der Waals surface area contributed by atoms with Crippen LogP contribution in [-0.4, -0.2) is 10.6 Å². The van der Waals surface area contributed by atoms with Crippen LogP contribution in [0.2, 0.25) is 0 Å². The zero-order valence-electron chi connectivity index (χ0n) is 9.24. The second-order valence-corrected chi connectivity index (χ2v) is 5.52. The number of nitrogens with two attached hydrogens (primary N) is 2. The van der Waals surface area contributed by atoms with Crippen LogP contribution in [0.25, 0.3) is 0 Å². The van der Waals surface area contributed by atoms with Gasteiger partial charge in [-0.15, -0.1) is 11.3 Å². The minimum absolute atomic E-state index is 0.176. The Labute approximate surface area is 89.5 Å². The molecular formula is C10H19N3S. The van der Waals surface area contributed by atoms with E-state index in [1.165, 1.54) is 0 Å². The molecule has 1 unspecified atom stereocenters. The fourth-order valence-electron chi connectivity index (χ4n) is 1.22. The highest BCUT2D eigenvalue weighted by molar-refractivity contribution is 7.09. The molecular weight excluding hydrogens is 194 g/mol. The van der Waals surface area contributed by atoms with Gasteiger partial charge in [-0.05, 0) is 6.92 Å². The molecule has 0 spiro atoms. The van der Waals surface area contributed by atoms with Crippen molar-refractivity contribution in [3.8, 4) is 0 Å². The van der Waals surface area contributed by atoms with Crippen molar-refractivity contribution in [1.82, 2.24) is 4.98 Å². The molecule has 1 rings (SSSR count). The van der Waals surface area contributed by atoms with Crippen molar-refractivity contribution >= 4 is 11.3 Å². The van der Waals surface area contributed by atoms with Crippen LogP contribution in [0.1, 0.15) is 38.6 Å². The van der Waals surface area contributed by atoms with Crippen LogP contribution < -0.4 is 11.5 Å². The lowest BCUT2D eigenvalue weighted by Crippen LogP contribution is -2.59. The number of aromatic nitrogens is 1. The molecule has 0 aliphatic heterocycles. The Kier molecular flexibility index (Phi) is 2.99. The molecule has 0 aliphatic rings. The van der Waals surface area contributed by atoms with Gasteiger partial charge in [-0.1, -0.05) is 20.8 Å². The summed E-state index contributed by atoms with van der Waals surface area (Å²) in [6, 6.07) is 0. The smallest absolute Gasteiger partial charge is 0.0959 e. The first-order valence-electron chi connectivity index (χ1n) is 4.74. The van der Waals surface area contributed by atoms with Gasteiger partial charge in [0.2, 0.25) is 0 Å². The first-order valence-corrected chi connectivity index (χ1v) is 5.62. The van der Waals surface area contributed by atoms with Gasteiger partial charge >= 0.3 is 0 Å². The largest absolute Gasteiger partial charge is 0.313 e. The molecule has 0 aromatic carbocycles. The van der Waals surface area contributed by atoms with Crippen LogP contribution in [0.15, 0.2) is 11.6 Å². The van der Waals surface area contributed by atoms with E-state index in [-0.39, 0.29) is 11.3 Å². The molecule has 0 aliphatic carbocycles. The molecule has 3 nitrogen and oxygen atoms in total. The molecule has 1 aromatic rings. The highest BCUT2D eigenvalue weighted by atomic mass is 32.1. The molecule has 4 N–H and O–H groups in total. The second kappa shape index (κ2) is 3.61. The quantitative estimate of drug-likeness (QED) is 0.754. The molecule has 0 bridgehead atoms.